The fraction of sp³-hybridized carbons (Fsp3) is 0.0833. The minimum absolute atomic E-state index is 0.417. The molecule has 0 aliphatic heterocycles. The maximum atomic E-state index is 8.60. The van der Waals surface area contributed by atoms with Gasteiger partial charge >= 0.3 is 0 Å². The van der Waals surface area contributed by atoms with E-state index in [0.29, 0.717) is 12.2 Å². The standard InChI is InChI=1S/C12H9N3/c13-6-5-10-3-1-4-11(9-10)12-14-7-2-8-15-12/h1-4,7-9H,5H2. The predicted octanol–water partition coefficient (Wildman–Crippen LogP) is 2.21. The van der Waals surface area contributed by atoms with Crippen LogP contribution in [-0.4, -0.2) is 9.97 Å². The third kappa shape index (κ3) is 2.18. The van der Waals surface area contributed by atoms with Crippen LogP contribution >= 0.6 is 0 Å². The zero-order valence-corrected chi connectivity index (χ0v) is 8.09. The summed E-state index contributed by atoms with van der Waals surface area (Å²) in [5.41, 5.74) is 1.94. The van der Waals surface area contributed by atoms with E-state index in [4.69, 9.17) is 5.26 Å². The van der Waals surface area contributed by atoms with Crippen LogP contribution in [0.25, 0.3) is 11.4 Å². The SMILES string of the molecule is N#CCc1cccc(-c2ncccn2)c1. The molecule has 2 aromatic rings. The van der Waals surface area contributed by atoms with Crippen molar-refractivity contribution in [1.82, 2.24) is 9.97 Å². The molecular formula is C12H9N3. The summed E-state index contributed by atoms with van der Waals surface area (Å²) in [4.78, 5) is 8.31. The molecule has 0 unspecified atom stereocenters. The van der Waals surface area contributed by atoms with Gasteiger partial charge in [0.2, 0.25) is 0 Å². The summed E-state index contributed by atoms with van der Waals surface area (Å²) in [5, 5.41) is 8.60. The Hall–Kier alpha value is -2.21. The first-order valence-corrected chi connectivity index (χ1v) is 4.63. The summed E-state index contributed by atoms with van der Waals surface area (Å²) < 4.78 is 0. The molecule has 0 atom stereocenters. The van der Waals surface area contributed by atoms with Crippen molar-refractivity contribution in [1.29, 1.82) is 5.26 Å². The third-order valence-electron chi connectivity index (χ3n) is 2.03. The molecular weight excluding hydrogens is 186 g/mol. The summed E-state index contributed by atoms with van der Waals surface area (Å²) in [5.74, 6) is 0.692. The molecule has 72 valence electrons. The molecule has 2 rings (SSSR count). The van der Waals surface area contributed by atoms with E-state index in [1.807, 2.05) is 24.3 Å². The highest BCUT2D eigenvalue weighted by Crippen LogP contribution is 2.15. The van der Waals surface area contributed by atoms with Crippen LogP contribution in [0.2, 0.25) is 0 Å². The van der Waals surface area contributed by atoms with Crippen molar-refractivity contribution in [2.45, 2.75) is 6.42 Å². The molecule has 0 amide bonds. The quantitative estimate of drug-likeness (QED) is 0.738. The van der Waals surface area contributed by atoms with Crippen molar-refractivity contribution in [3.05, 3.63) is 48.3 Å². The van der Waals surface area contributed by atoms with E-state index in [9.17, 15) is 0 Å². The van der Waals surface area contributed by atoms with Crippen LogP contribution in [0.15, 0.2) is 42.7 Å². The molecule has 0 saturated carbocycles. The number of rotatable bonds is 2. The minimum Gasteiger partial charge on any atom is -0.237 e. The molecule has 0 radical (unpaired) electrons. The average Bonchev–Trinajstić information content (AvgIpc) is 2.31. The molecule has 15 heavy (non-hydrogen) atoms. The fourth-order valence-electron chi connectivity index (χ4n) is 1.36. The van der Waals surface area contributed by atoms with E-state index in [2.05, 4.69) is 16.0 Å². The number of nitrogens with zero attached hydrogens (tertiary/aromatic N) is 3. The van der Waals surface area contributed by atoms with Gasteiger partial charge in [-0.2, -0.15) is 5.26 Å². The molecule has 1 aromatic heterocycles. The van der Waals surface area contributed by atoms with Gasteiger partial charge in [-0.3, -0.25) is 0 Å². The van der Waals surface area contributed by atoms with Crippen molar-refractivity contribution in [2.75, 3.05) is 0 Å². The lowest BCUT2D eigenvalue weighted by atomic mass is 10.1. The smallest absolute Gasteiger partial charge is 0.159 e. The Kier molecular flexibility index (Phi) is 2.70. The van der Waals surface area contributed by atoms with Crippen molar-refractivity contribution < 1.29 is 0 Å². The van der Waals surface area contributed by atoms with Crippen molar-refractivity contribution >= 4 is 0 Å². The van der Waals surface area contributed by atoms with E-state index in [1.165, 1.54) is 0 Å². The molecule has 3 heteroatoms. The highest BCUT2D eigenvalue weighted by Gasteiger charge is 2.00. The Bertz CT molecular complexity index is 486. The van der Waals surface area contributed by atoms with Gasteiger partial charge in [0.1, 0.15) is 0 Å². The van der Waals surface area contributed by atoms with Crippen molar-refractivity contribution in [3.8, 4) is 17.5 Å². The molecule has 1 heterocycles. The molecule has 0 fully saturated rings. The number of aromatic nitrogens is 2. The number of hydrogen-bond acceptors (Lipinski definition) is 3. The Morgan fingerprint density at radius 2 is 1.93 bits per heavy atom. The fourth-order valence-corrected chi connectivity index (χ4v) is 1.36. The van der Waals surface area contributed by atoms with Gasteiger partial charge in [-0.15, -0.1) is 0 Å². The van der Waals surface area contributed by atoms with Crippen LogP contribution in [0.5, 0.6) is 0 Å². The maximum Gasteiger partial charge on any atom is 0.159 e. The van der Waals surface area contributed by atoms with Crippen LogP contribution in [0.4, 0.5) is 0 Å². The first-order chi connectivity index (χ1) is 7.40. The normalized spacial score (nSPS) is 9.53. The second kappa shape index (κ2) is 4.34. The summed E-state index contributed by atoms with van der Waals surface area (Å²) in [7, 11) is 0. The van der Waals surface area contributed by atoms with Crippen LogP contribution < -0.4 is 0 Å². The Labute approximate surface area is 88.1 Å². The third-order valence-corrected chi connectivity index (χ3v) is 2.03. The minimum atomic E-state index is 0.417. The van der Waals surface area contributed by atoms with Gasteiger partial charge in [0, 0.05) is 18.0 Å². The van der Waals surface area contributed by atoms with Crippen LogP contribution in [0.3, 0.4) is 0 Å². The second-order valence-electron chi connectivity index (χ2n) is 3.11. The van der Waals surface area contributed by atoms with Gasteiger partial charge < -0.3 is 0 Å². The molecule has 0 bridgehead atoms. The number of benzene rings is 1. The topological polar surface area (TPSA) is 49.6 Å². The first kappa shape index (κ1) is 9.35. The summed E-state index contributed by atoms with van der Waals surface area (Å²) in [6.07, 6.45) is 3.83. The summed E-state index contributed by atoms with van der Waals surface area (Å²) in [6.45, 7) is 0. The average molecular weight is 195 g/mol. The van der Waals surface area contributed by atoms with E-state index in [1.54, 1.807) is 18.5 Å². The Balaban J connectivity index is 2.38. The molecule has 0 saturated heterocycles. The lowest BCUT2D eigenvalue weighted by molar-refractivity contribution is 1.17. The van der Waals surface area contributed by atoms with Gasteiger partial charge in [0.05, 0.1) is 12.5 Å². The molecule has 3 nitrogen and oxygen atoms in total. The number of hydrogen-bond donors (Lipinski definition) is 0. The van der Waals surface area contributed by atoms with Gasteiger partial charge in [-0.1, -0.05) is 18.2 Å². The predicted molar refractivity (Wildman–Crippen MR) is 56.8 cm³/mol. The van der Waals surface area contributed by atoms with Gasteiger partial charge in [0.15, 0.2) is 5.82 Å². The second-order valence-corrected chi connectivity index (χ2v) is 3.11. The van der Waals surface area contributed by atoms with E-state index < -0.39 is 0 Å². The van der Waals surface area contributed by atoms with Crippen molar-refractivity contribution in [2.24, 2.45) is 0 Å². The molecule has 0 spiro atoms. The lowest BCUT2D eigenvalue weighted by Crippen LogP contribution is -1.88. The highest BCUT2D eigenvalue weighted by molar-refractivity contribution is 5.55. The van der Waals surface area contributed by atoms with E-state index >= 15 is 0 Å². The van der Waals surface area contributed by atoms with Gasteiger partial charge in [-0.05, 0) is 17.7 Å². The Morgan fingerprint density at radius 3 is 2.67 bits per heavy atom. The zero-order chi connectivity index (χ0) is 10.5. The van der Waals surface area contributed by atoms with Crippen LogP contribution in [0.1, 0.15) is 5.56 Å². The van der Waals surface area contributed by atoms with Crippen LogP contribution in [-0.2, 0) is 6.42 Å². The lowest BCUT2D eigenvalue weighted by Gasteiger charge is -2.00. The van der Waals surface area contributed by atoms with Crippen molar-refractivity contribution in [3.63, 3.8) is 0 Å². The maximum absolute atomic E-state index is 8.60. The van der Waals surface area contributed by atoms with Crippen LogP contribution in [0, 0.1) is 11.3 Å². The van der Waals surface area contributed by atoms with Gasteiger partial charge in [0.25, 0.3) is 0 Å². The number of nitriles is 1. The van der Waals surface area contributed by atoms with E-state index in [-0.39, 0.29) is 0 Å². The largest absolute Gasteiger partial charge is 0.237 e. The Morgan fingerprint density at radius 1 is 1.13 bits per heavy atom. The summed E-state index contributed by atoms with van der Waals surface area (Å²) in [6, 6.07) is 11.6. The first-order valence-electron chi connectivity index (χ1n) is 4.63. The summed E-state index contributed by atoms with van der Waals surface area (Å²) >= 11 is 0. The molecule has 0 N–H and O–H groups in total. The molecule has 0 aliphatic carbocycles. The van der Waals surface area contributed by atoms with Gasteiger partial charge in [-0.25, -0.2) is 9.97 Å². The zero-order valence-electron chi connectivity index (χ0n) is 8.09. The molecule has 0 aliphatic rings. The highest BCUT2D eigenvalue weighted by atomic mass is 14.8. The monoisotopic (exact) mass is 195 g/mol. The molecule has 1 aromatic carbocycles. The van der Waals surface area contributed by atoms with E-state index in [0.717, 1.165) is 11.1 Å².